The van der Waals surface area contributed by atoms with Gasteiger partial charge in [-0.05, 0) is 31.7 Å². The van der Waals surface area contributed by atoms with Crippen LogP contribution in [0.25, 0.3) is 0 Å². The number of carboxylic acids is 1. The van der Waals surface area contributed by atoms with Gasteiger partial charge in [-0.1, -0.05) is 13.8 Å². The molecule has 5 N–H and O–H groups in total. The molecule has 2 unspecified atom stereocenters. The Balaban J connectivity index is 4.94. The van der Waals surface area contributed by atoms with Crippen molar-refractivity contribution in [1.82, 2.24) is 5.32 Å². The molecule has 0 spiro atoms. The van der Waals surface area contributed by atoms with E-state index in [2.05, 4.69) is 5.32 Å². The second kappa shape index (κ2) is 9.15. The highest BCUT2D eigenvalue weighted by molar-refractivity contribution is 7.53. The standard InChI is InChI=1S/C12H25N2O6P/c1-8(2)11(14-9(3)15)21(18,19)20-10(12(16)17)6-4-5-7-13/h8,10-11H,4-7,13H2,1-3H3,(H,14,15)(H,16,17)(H,18,19)/t10-,11?/m0/s1. The summed E-state index contributed by atoms with van der Waals surface area (Å²) in [5.74, 6) is -3.33. The van der Waals surface area contributed by atoms with Crippen LogP contribution in [0.4, 0.5) is 0 Å². The van der Waals surface area contributed by atoms with Gasteiger partial charge in [0.2, 0.25) is 5.91 Å². The van der Waals surface area contributed by atoms with Gasteiger partial charge >= 0.3 is 13.6 Å². The summed E-state index contributed by atoms with van der Waals surface area (Å²) in [7, 11) is -4.32. The van der Waals surface area contributed by atoms with E-state index in [1.54, 1.807) is 13.8 Å². The summed E-state index contributed by atoms with van der Waals surface area (Å²) in [6.45, 7) is 4.89. The van der Waals surface area contributed by atoms with Crippen LogP contribution in [0.15, 0.2) is 0 Å². The number of hydrogen-bond acceptors (Lipinski definition) is 5. The molecule has 0 aromatic heterocycles. The zero-order chi connectivity index (χ0) is 16.6. The molecule has 0 aromatic rings. The molecule has 0 saturated carbocycles. The number of nitrogens with two attached hydrogens (primary N) is 1. The van der Waals surface area contributed by atoms with Crippen molar-refractivity contribution in [3.63, 3.8) is 0 Å². The van der Waals surface area contributed by atoms with Crippen molar-refractivity contribution in [2.24, 2.45) is 11.7 Å². The van der Waals surface area contributed by atoms with Crippen LogP contribution in [0, 0.1) is 5.92 Å². The van der Waals surface area contributed by atoms with E-state index in [0.29, 0.717) is 19.4 Å². The van der Waals surface area contributed by atoms with Gasteiger partial charge in [-0.3, -0.25) is 13.9 Å². The van der Waals surface area contributed by atoms with Crippen LogP contribution in [0.1, 0.15) is 40.0 Å². The maximum absolute atomic E-state index is 12.3. The molecule has 0 aliphatic rings. The lowest BCUT2D eigenvalue weighted by molar-refractivity contribution is -0.145. The normalized spacial score (nSPS) is 17.0. The van der Waals surface area contributed by atoms with E-state index in [4.69, 9.17) is 15.4 Å². The van der Waals surface area contributed by atoms with Gasteiger partial charge in [-0.2, -0.15) is 0 Å². The lowest BCUT2D eigenvalue weighted by Gasteiger charge is -2.28. The highest BCUT2D eigenvalue weighted by Crippen LogP contribution is 2.50. The topological polar surface area (TPSA) is 139 Å². The van der Waals surface area contributed by atoms with Gasteiger partial charge in [0.25, 0.3) is 0 Å². The highest BCUT2D eigenvalue weighted by atomic mass is 31.2. The largest absolute Gasteiger partial charge is 0.479 e. The summed E-state index contributed by atoms with van der Waals surface area (Å²) in [5, 5.41) is 11.4. The van der Waals surface area contributed by atoms with Gasteiger partial charge in [0, 0.05) is 6.92 Å². The Morgan fingerprint density at radius 3 is 2.29 bits per heavy atom. The average molecular weight is 324 g/mol. The fourth-order valence-corrected chi connectivity index (χ4v) is 3.57. The number of carbonyl (C=O) groups excluding carboxylic acids is 1. The van der Waals surface area contributed by atoms with E-state index in [9.17, 15) is 19.0 Å². The quantitative estimate of drug-likeness (QED) is 0.345. The highest BCUT2D eigenvalue weighted by Gasteiger charge is 2.39. The Hall–Kier alpha value is -0.950. The van der Waals surface area contributed by atoms with Crippen LogP contribution in [-0.2, 0) is 18.7 Å². The van der Waals surface area contributed by atoms with Crippen molar-refractivity contribution >= 4 is 19.5 Å². The first-order valence-corrected chi connectivity index (χ1v) is 8.47. The zero-order valence-corrected chi connectivity index (χ0v) is 13.5. The lowest BCUT2D eigenvalue weighted by atomic mass is 10.1. The molecule has 0 saturated heterocycles. The summed E-state index contributed by atoms with van der Waals surface area (Å²) >= 11 is 0. The first-order chi connectivity index (χ1) is 9.61. The Morgan fingerprint density at radius 1 is 1.33 bits per heavy atom. The number of unbranched alkanes of at least 4 members (excludes halogenated alkanes) is 1. The molecule has 1 amide bonds. The van der Waals surface area contributed by atoms with Crippen molar-refractivity contribution in [3.05, 3.63) is 0 Å². The fourth-order valence-electron chi connectivity index (χ4n) is 1.78. The molecule has 0 bridgehead atoms. The maximum Gasteiger partial charge on any atom is 0.351 e. The second-order valence-electron chi connectivity index (χ2n) is 5.17. The average Bonchev–Trinajstić information content (AvgIpc) is 2.34. The van der Waals surface area contributed by atoms with Crippen molar-refractivity contribution in [2.45, 2.75) is 51.9 Å². The van der Waals surface area contributed by atoms with Gasteiger partial charge < -0.3 is 21.1 Å². The van der Waals surface area contributed by atoms with E-state index in [0.717, 1.165) is 0 Å². The van der Waals surface area contributed by atoms with E-state index in [1.165, 1.54) is 6.92 Å². The Kier molecular flexibility index (Phi) is 8.73. The molecule has 9 heteroatoms. The molecule has 3 atom stereocenters. The summed E-state index contributed by atoms with van der Waals surface area (Å²) in [6.07, 6.45) is -0.244. The van der Waals surface area contributed by atoms with Crippen molar-refractivity contribution < 1.29 is 28.7 Å². The van der Waals surface area contributed by atoms with Crippen molar-refractivity contribution in [3.8, 4) is 0 Å². The monoisotopic (exact) mass is 324 g/mol. The number of amides is 1. The summed E-state index contributed by atoms with van der Waals surface area (Å²) in [4.78, 5) is 32.2. The number of carbonyl (C=O) groups is 2. The third kappa shape index (κ3) is 7.57. The predicted octanol–water partition coefficient (Wildman–Crippen LogP) is 0.889. The summed E-state index contributed by atoms with van der Waals surface area (Å²) in [6, 6.07) is 0. The summed E-state index contributed by atoms with van der Waals surface area (Å²) in [5.41, 5.74) is 5.32. The third-order valence-corrected chi connectivity index (χ3v) is 4.79. The van der Waals surface area contributed by atoms with Gasteiger partial charge in [-0.25, -0.2) is 4.79 Å². The number of rotatable bonds is 10. The van der Waals surface area contributed by atoms with Crippen molar-refractivity contribution in [2.75, 3.05) is 6.54 Å². The first-order valence-electron chi connectivity index (χ1n) is 6.82. The molecule has 0 aromatic carbocycles. The van der Waals surface area contributed by atoms with E-state index in [1.807, 2.05) is 0 Å². The van der Waals surface area contributed by atoms with Crippen LogP contribution >= 0.6 is 7.60 Å². The zero-order valence-electron chi connectivity index (χ0n) is 12.6. The minimum absolute atomic E-state index is 0.0853. The Labute approximate surface area is 124 Å². The molecular weight excluding hydrogens is 299 g/mol. The molecular formula is C12H25N2O6P. The fraction of sp³-hybridized carbons (Fsp3) is 0.833. The second-order valence-corrected chi connectivity index (χ2v) is 7.07. The van der Waals surface area contributed by atoms with E-state index < -0.39 is 31.4 Å². The molecule has 0 aliphatic heterocycles. The van der Waals surface area contributed by atoms with Gasteiger partial charge in [0.15, 0.2) is 6.10 Å². The van der Waals surface area contributed by atoms with E-state index >= 15 is 0 Å². The molecule has 124 valence electrons. The van der Waals surface area contributed by atoms with Crippen LogP contribution in [0.2, 0.25) is 0 Å². The molecule has 0 rings (SSSR count). The molecule has 0 heterocycles. The predicted molar refractivity (Wildman–Crippen MR) is 77.7 cm³/mol. The summed E-state index contributed by atoms with van der Waals surface area (Å²) < 4.78 is 17.2. The minimum Gasteiger partial charge on any atom is -0.479 e. The number of nitrogens with one attached hydrogen (secondary N) is 1. The Morgan fingerprint density at radius 2 is 1.90 bits per heavy atom. The minimum atomic E-state index is -4.32. The lowest BCUT2D eigenvalue weighted by Crippen LogP contribution is -2.39. The Bertz CT molecular complexity index is 401. The van der Waals surface area contributed by atoms with Crippen LogP contribution in [0.5, 0.6) is 0 Å². The van der Waals surface area contributed by atoms with Gasteiger partial charge in [0.1, 0.15) is 5.78 Å². The van der Waals surface area contributed by atoms with Crippen LogP contribution < -0.4 is 11.1 Å². The maximum atomic E-state index is 12.3. The molecule has 0 radical (unpaired) electrons. The molecule has 0 fully saturated rings. The number of hydrogen-bond donors (Lipinski definition) is 4. The molecule has 21 heavy (non-hydrogen) atoms. The smallest absolute Gasteiger partial charge is 0.351 e. The SMILES string of the molecule is CC(=O)NC(C(C)C)P(=O)(O)O[C@@H](CCCCN)C(=O)O. The number of aliphatic carboxylic acids is 1. The van der Waals surface area contributed by atoms with Gasteiger partial charge in [-0.15, -0.1) is 0 Å². The molecule has 8 nitrogen and oxygen atoms in total. The number of carboxylic acid groups (broad SMARTS) is 1. The van der Waals surface area contributed by atoms with Crippen molar-refractivity contribution in [1.29, 1.82) is 0 Å². The third-order valence-electron chi connectivity index (χ3n) is 2.81. The van der Waals surface area contributed by atoms with Crippen LogP contribution in [0.3, 0.4) is 0 Å². The molecule has 0 aliphatic carbocycles. The first kappa shape index (κ1) is 20.1. The van der Waals surface area contributed by atoms with Crippen LogP contribution in [-0.4, -0.2) is 40.3 Å². The van der Waals surface area contributed by atoms with E-state index in [-0.39, 0.29) is 12.3 Å². The van der Waals surface area contributed by atoms with Gasteiger partial charge in [0.05, 0.1) is 0 Å².